The molecule has 0 fully saturated rings. The molecule has 1 aromatic heterocycles. The van der Waals surface area contributed by atoms with Crippen molar-refractivity contribution in [3.8, 4) is 0 Å². The summed E-state index contributed by atoms with van der Waals surface area (Å²) in [5.41, 5.74) is 3.08. The standard InChI is InChI=1S/C19H23N3O/c1-19(2,3)21-18(23)16-9-6-11-20-17(16)22-12-10-14-7-4-5-8-15(14)13-22/h4-9,11H,10,12-13H2,1-3H3,(H,21,23). The van der Waals surface area contributed by atoms with Crippen molar-refractivity contribution in [2.75, 3.05) is 11.4 Å². The molecule has 1 aromatic carbocycles. The van der Waals surface area contributed by atoms with Crippen LogP contribution in [0.1, 0.15) is 42.3 Å². The maximum Gasteiger partial charge on any atom is 0.255 e. The topological polar surface area (TPSA) is 45.2 Å². The Kier molecular flexibility index (Phi) is 4.07. The number of carbonyl (C=O) groups is 1. The Labute approximate surface area is 137 Å². The third-order valence-electron chi connectivity index (χ3n) is 3.95. The summed E-state index contributed by atoms with van der Waals surface area (Å²) in [7, 11) is 0. The van der Waals surface area contributed by atoms with Crippen LogP contribution in [0.15, 0.2) is 42.6 Å². The predicted molar refractivity (Wildman–Crippen MR) is 92.7 cm³/mol. The summed E-state index contributed by atoms with van der Waals surface area (Å²) in [6, 6.07) is 12.1. The van der Waals surface area contributed by atoms with E-state index in [1.807, 2.05) is 32.9 Å². The van der Waals surface area contributed by atoms with Gasteiger partial charge in [-0.2, -0.15) is 0 Å². The van der Waals surface area contributed by atoms with Gasteiger partial charge in [-0.3, -0.25) is 4.79 Å². The van der Waals surface area contributed by atoms with Gasteiger partial charge in [-0.25, -0.2) is 4.98 Å². The summed E-state index contributed by atoms with van der Waals surface area (Å²) in [5, 5.41) is 3.03. The maximum atomic E-state index is 12.6. The zero-order valence-electron chi connectivity index (χ0n) is 14.0. The number of amides is 1. The number of pyridine rings is 1. The molecule has 2 aromatic rings. The quantitative estimate of drug-likeness (QED) is 0.927. The molecule has 3 rings (SSSR count). The van der Waals surface area contributed by atoms with E-state index in [-0.39, 0.29) is 11.4 Å². The molecule has 1 amide bonds. The maximum absolute atomic E-state index is 12.6. The molecular formula is C19H23N3O. The van der Waals surface area contributed by atoms with Crippen LogP contribution in [0.4, 0.5) is 5.82 Å². The fraction of sp³-hybridized carbons (Fsp3) is 0.368. The molecule has 23 heavy (non-hydrogen) atoms. The van der Waals surface area contributed by atoms with Crippen LogP contribution in [-0.4, -0.2) is 23.0 Å². The average molecular weight is 309 g/mol. The van der Waals surface area contributed by atoms with E-state index >= 15 is 0 Å². The van der Waals surface area contributed by atoms with E-state index in [4.69, 9.17) is 0 Å². The van der Waals surface area contributed by atoms with Crippen LogP contribution in [0.25, 0.3) is 0 Å². The van der Waals surface area contributed by atoms with Gasteiger partial charge in [-0.15, -0.1) is 0 Å². The van der Waals surface area contributed by atoms with Crippen LogP contribution in [-0.2, 0) is 13.0 Å². The first-order valence-electron chi connectivity index (χ1n) is 8.03. The Morgan fingerprint density at radius 1 is 1.13 bits per heavy atom. The number of anilines is 1. The number of aromatic nitrogens is 1. The number of fused-ring (bicyclic) bond motifs is 1. The van der Waals surface area contributed by atoms with E-state index in [0.717, 1.165) is 25.3 Å². The molecule has 0 aliphatic carbocycles. The molecule has 4 nitrogen and oxygen atoms in total. The Bertz CT molecular complexity index is 719. The van der Waals surface area contributed by atoms with Gasteiger partial charge in [0.15, 0.2) is 0 Å². The zero-order chi connectivity index (χ0) is 16.4. The fourth-order valence-electron chi connectivity index (χ4n) is 2.91. The third-order valence-corrected chi connectivity index (χ3v) is 3.95. The van der Waals surface area contributed by atoms with E-state index in [9.17, 15) is 4.79 Å². The number of hydrogen-bond donors (Lipinski definition) is 1. The van der Waals surface area contributed by atoms with Gasteiger partial charge in [0.05, 0.1) is 5.56 Å². The summed E-state index contributed by atoms with van der Waals surface area (Å²) in [6.07, 6.45) is 2.73. The highest BCUT2D eigenvalue weighted by Gasteiger charge is 2.24. The van der Waals surface area contributed by atoms with Crippen molar-refractivity contribution in [3.63, 3.8) is 0 Å². The highest BCUT2D eigenvalue weighted by Crippen LogP contribution is 2.25. The van der Waals surface area contributed by atoms with Gasteiger partial charge in [-0.05, 0) is 50.5 Å². The van der Waals surface area contributed by atoms with Gasteiger partial charge >= 0.3 is 0 Å². The number of nitrogens with one attached hydrogen (secondary N) is 1. The van der Waals surface area contributed by atoms with Gasteiger partial charge in [0, 0.05) is 24.8 Å². The van der Waals surface area contributed by atoms with Crippen LogP contribution in [0, 0.1) is 0 Å². The summed E-state index contributed by atoms with van der Waals surface area (Å²) in [5.74, 6) is 0.697. The van der Waals surface area contributed by atoms with Gasteiger partial charge in [0.2, 0.25) is 0 Å². The number of carbonyl (C=O) groups excluding carboxylic acids is 1. The lowest BCUT2D eigenvalue weighted by Crippen LogP contribution is -2.41. The van der Waals surface area contributed by atoms with Crippen molar-refractivity contribution in [3.05, 3.63) is 59.3 Å². The number of benzene rings is 1. The second kappa shape index (κ2) is 6.03. The molecule has 1 aliphatic rings. The summed E-state index contributed by atoms with van der Waals surface area (Å²) >= 11 is 0. The normalized spacial score (nSPS) is 14.3. The fourth-order valence-corrected chi connectivity index (χ4v) is 2.91. The van der Waals surface area contributed by atoms with E-state index in [1.165, 1.54) is 11.1 Å². The molecule has 4 heteroatoms. The Morgan fingerprint density at radius 3 is 2.61 bits per heavy atom. The van der Waals surface area contributed by atoms with Crippen LogP contribution < -0.4 is 10.2 Å². The zero-order valence-corrected chi connectivity index (χ0v) is 14.0. The highest BCUT2D eigenvalue weighted by molar-refractivity contribution is 5.99. The SMILES string of the molecule is CC(C)(C)NC(=O)c1cccnc1N1CCc2ccccc2C1. The molecule has 1 aliphatic heterocycles. The molecule has 0 spiro atoms. The van der Waals surface area contributed by atoms with E-state index in [0.29, 0.717) is 5.56 Å². The van der Waals surface area contributed by atoms with E-state index < -0.39 is 0 Å². The van der Waals surface area contributed by atoms with Crippen molar-refractivity contribution in [2.24, 2.45) is 0 Å². The summed E-state index contributed by atoms with van der Waals surface area (Å²) in [4.78, 5) is 19.3. The Hall–Kier alpha value is -2.36. The van der Waals surface area contributed by atoms with Crippen molar-refractivity contribution in [2.45, 2.75) is 39.3 Å². The van der Waals surface area contributed by atoms with Gasteiger partial charge in [0.1, 0.15) is 5.82 Å². The van der Waals surface area contributed by atoms with E-state index in [1.54, 1.807) is 6.20 Å². The Morgan fingerprint density at radius 2 is 1.87 bits per heavy atom. The number of hydrogen-bond acceptors (Lipinski definition) is 3. The third kappa shape index (κ3) is 3.52. The first-order valence-corrected chi connectivity index (χ1v) is 8.03. The van der Waals surface area contributed by atoms with Gasteiger partial charge < -0.3 is 10.2 Å². The average Bonchev–Trinajstić information content (AvgIpc) is 2.53. The first kappa shape index (κ1) is 15.5. The summed E-state index contributed by atoms with van der Waals surface area (Å²) in [6.45, 7) is 7.63. The second-order valence-corrected chi connectivity index (χ2v) is 7.02. The van der Waals surface area contributed by atoms with Gasteiger partial charge in [0.25, 0.3) is 5.91 Å². The number of rotatable bonds is 2. The van der Waals surface area contributed by atoms with Crippen LogP contribution in [0.2, 0.25) is 0 Å². The minimum absolute atomic E-state index is 0.0699. The highest BCUT2D eigenvalue weighted by atomic mass is 16.1. The molecule has 2 heterocycles. The largest absolute Gasteiger partial charge is 0.351 e. The smallest absolute Gasteiger partial charge is 0.255 e. The lowest BCUT2D eigenvalue weighted by Gasteiger charge is -2.31. The number of nitrogens with zero attached hydrogens (tertiary/aromatic N) is 2. The molecule has 0 saturated carbocycles. The molecule has 1 N–H and O–H groups in total. The molecule has 0 bridgehead atoms. The minimum atomic E-state index is -0.265. The van der Waals surface area contributed by atoms with Crippen molar-refractivity contribution < 1.29 is 4.79 Å². The van der Waals surface area contributed by atoms with Gasteiger partial charge in [-0.1, -0.05) is 24.3 Å². The van der Waals surface area contributed by atoms with Crippen molar-refractivity contribution in [1.82, 2.24) is 10.3 Å². The first-order chi connectivity index (χ1) is 10.9. The van der Waals surface area contributed by atoms with Crippen LogP contribution in [0.5, 0.6) is 0 Å². The molecule has 0 unspecified atom stereocenters. The van der Waals surface area contributed by atoms with Crippen molar-refractivity contribution >= 4 is 11.7 Å². The molecule has 0 atom stereocenters. The molecular weight excluding hydrogens is 286 g/mol. The predicted octanol–water partition coefficient (Wildman–Crippen LogP) is 3.17. The molecule has 120 valence electrons. The minimum Gasteiger partial charge on any atom is -0.351 e. The summed E-state index contributed by atoms with van der Waals surface area (Å²) < 4.78 is 0. The van der Waals surface area contributed by atoms with Crippen LogP contribution >= 0.6 is 0 Å². The lowest BCUT2D eigenvalue weighted by molar-refractivity contribution is 0.0919. The lowest BCUT2D eigenvalue weighted by atomic mass is 9.99. The monoisotopic (exact) mass is 309 g/mol. The molecule has 0 radical (unpaired) electrons. The van der Waals surface area contributed by atoms with Crippen LogP contribution in [0.3, 0.4) is 0 Å². The van der Waals surface area contributed by atoms with Crippen molar-refractivity contribution in [1.29, 1.82) is 0 Å². The second-order valence-electron chi connectivity index (χ2n) is 7.02. The van der Waals surface area contributed by atoms with E-state index in [2.05, 4.69) is 39.5 Å². The Balaban J connectivity index is 1.88. The molecule has 0 saturated heterocycles.